The van der Waals surface area contributed by atoms with Gasteiger partial charge in [0.05, 0.1) is 13.2 Å². The average molecular weight is 331 g/mol. The van der Waals surface area contributed by atoms with Crippen LogP contribution in [0.5, 0.6) is 5.75 Å². The summed E-state index contributed by atoms with van der Waals surface area (Å²) in [6.07, 6.45) is 0. The molecule has 0 saturated carbocycles. The molecule has 0 aliphatic carbocycles. The van der Waals surface area contributed by atoms with Gasteiger partial charge in [0.2, 0.25) is 0 Å². The Morgan fingerprint density at radius 1 is 0.952 bits per heavy atom. The molecule has 6 heteroatoms. The third-order valence-corrected chi connectivity index (χ3v) is 3.52. The van der Waals surface area contributed by atoms with Gasteiger partial charge in [0.15, 0.2) is 0 Å². The molecule has 21 heavy (non-hydrogen) atoms. The van der Waals surface area contributed by atoms with E-state index >= 15 is 0 Å². The molecule has 2 aromatic carbocycles. The minimum Gasteiger partial charge on any atom is -0.488 e. The first-order chi connectivity index (χ1) is 10.0. The van der Waals surface area contributed by atoms with Crippen LogP contribution >= 0.6 is 23.2 Å². The molecule has 0 saturated heterocycles. The average Bonchev–Trinajstić information content (AvgIpc) is 2.46. The first-order valence-corrected chi connectivity index (χ1v) is 6.90. The zero-order valence-corrected chi connectivity index (χ0v) is 12.5. The molecule has 3 nitrogen and oxygen atoms in total. The van der Waals surface area contributed by atoms with Crippen molar-refractivity contribution in [2.45, 2.75) is 19.8 Å². The van der Waals surface area contributed by atoms with Gasteiger partial charge in [-0.15, -0.1) is 0 Å². The van der Waals surface area contributed by atoms with E-state index in [1.165, 1.54) is 0 Å². The summed E-state index contributed by atoms with van der Waals surface area (Å²) in [5, 5.41) is 19.5. The van der Waals surface area contributed by atoms with E-state index in [-0.39, 0.29) is 23.5 Å². The van der Waals surface area contributed by atoms with Crippen molar-refractivity contribution in [3.8, 4) is 5.75 Å². The Hall–Kier alpha value is -1.33. The van der Waals surface area contributed by atoms with Gasteiger partial charge in [-0.05, 0) is 24.3 Å². The van der Waals surface area contributed by atoms with E-state index < -0.39 is 19.0 Å². The van der Waals surface area contributed by atoms with Crippen LogP contribution in [0.15, 0.2) is 30.3 Å². The van der Waals surface area contributed by atoms with E-state index in [1.807, 2.05) is 0 Å². The van der Waals surface area contributed by atoms with Crippen molar-refractivity contribution >= 4 is 23.2 Å². The maximum atomic E-state index is 13.3. The van der Waals surface area contributed by atoms with Gasteiger partial charge >= 0.3 is 0 Å². The van der Waals surface area contributed by atoms with Crippen LogP contribution in [0.3, 0.4) is 0 Å². The lowest BCUT2D eigenvalue weighted by molar-refractivity contribution is 0.241. The highest BCUT2D eigenvalue weighted by atomic mass is 35.5. The fourth-order valence-corrected chi connectivity index (χ4v) is 2.38. The number of hydrogen-bond acceptors (Lipinski definition) is 3. The minimum atomic E-state index is -0.542. The largest absolute Gasteiger partial charge is 0.488 e. The lowest BCUT2D eigenvalue weighted by atomic mass is 10.1. The molecule has 0 aromatic heterocycles. The molecule has 2 N–H and O–H groups in total. The number of hydrogen-bond donors (Lipinski definition) is 2. The molecule has 112 valence electrons. The second-order valence-corrected chi connectivity index (χ2v) is 5.24. The summed E-state index contributed by atoms with van der Waals surface area (Å²) in [6.45, 7) is -0.676. The predicted octanol–water partition coefficient (Wildman–Crippen LogP) is 3.70. The molecule has 0 fully saturated rings. The van der Waals surface area contributed by atoms with Crippen molar-refractivity contribution in [2.75, 3.05) is 0 Å². The van der Waals surface area contributed by atoms with Crippen LogP contribution in [0, 0.1) is 5.82 Å². The van der Waals surface area contributed by atoms with Crippen LogP contribution in [0.4, 0.5) is 4.39 Å². The molecule has 0 unspecified atom stereocenters. The summed E-state index contributed by atoms with van der Waals surface area (Å²) < 4.78 is 18.9. The summed E-state index contributed by atoms with van der Waals surface area (Å²) >= 11 is 11.9. The number of halogens is 3. The minimum absolute atomic E-state index is 0.113. The van der Waals surface area contributed by atoms with Crippen LogP contribution in [0.2, 0.25) is 10.0 Å². The maximum absolute atomic E-state index is 13.3. The zero-order valence-electron chi connectivity index (χ0n) is 10.9. The number of ether oxygens (including phenoxy) is 1. The Bertz CT molecular complexity index is 622. The van der Waals surface area contributed by atoms with E-state index in [1.54, 1.807) is 18.2 Å². The van der Waals surface area contributed by atoms with E-state index in [4.69, 9.17) is 27.9 Å². The zero-order chi connectivity index (χ0) is 15.4. The molecule has 0 atom stereocenters. The first-order valence-electron chi connectivity index (χ1n) is 6.15. The van der Waals surface area contributed by atoms with Crippen molar-refractivity contribution < 1.29 is 19.3 Å². The van der Waals surface area contributed by atoms with Crippen LogP contribution in [-0.4, -0.2) is 10.2 Å². The SMILES string of the molecule is OCc1cc(F)cc(CO)c1OCc1ccc(Cl)cc1Cl. The van der Waals surface area contributed by atoms with Gasteiger partial charge in [0, 0.05) is 26.7 Å². The second kappa shape index (κ2) is 7.09. The molecule has 0 amide bonds. The van der Waals surface area contributed by atoms with E-state index in [2.05, 4.69) is 0 Å². The normalized spacial score (nSPS) is 10.7. The maximum Gasteiger partial charge on any atom is 0.131 e. The lowest BCUT2D eigenvalue weighted by Gasteiger charge is -2.15. The fourth-order valence-electron chi connectivity index (χ4n) is 1.92. The standard InChI is InChI=1S/C15H13Cl2FO3/c16-12-2-1-9(14(17)5-12)8-21-15-10(6-19)3-13(18)4-11(15)7-20/h1-5,19-20H,6-8H2. The Morgan fingerprint density at radius 2 is 1.57 bits per heavy atom. The van der Waals surface area contributed by atoms with Crippen molar-refractivity contribution in [1.82, 2.24) is 0 Å². The fraction of sp³-hybridized carbons (Fsp3) is 0.200. The molecule has 0 bridgehead atoms. The Kier molecular flexibility index (Phi) is 5.42. The van der Waals surface area contributed by atoms with Gasteiger partial charge in [-0.1, -0.05) is 29.3 Å². The Labute approximate surface area is 131 Å². The first kappa shape index (κ1) is 16.0. The molecular weight excluding hydrogens is 318 g/mol. The summed E-state index contributed by atoms with van der Waals surface area (Å²) in [5.74, 6) is -0.285. The van der Waals surface area contributed by atoms with Crippen LogP contribution in [0.1, 0.15) is 16.7 Å². The van der Waals surface area contributed by atoms with Gasteiger partial charge in [0.25, 0.3) is 0 Å². The topological polar surface area (TPSA) is 49.7 Å². The third-order valence-electron chi connectivity index (χ3n) is 2.94. The Balaban J connectivity index is 2.26. The summed E-state index contributed by atoms with van der Waals surface area (Å²) in [4.78, 5) is 0. The van der Waals surface area contributed by atoms with Gasteiger partial charge in [-0.3, -0.25) is 0 Å². The molecule has 0 aliphatic rings. The molecular formula is C15H13Cl2FO3. The van der Waals surface area contributed by atoms with Gasteiger partial charge in [-0.25, -0.2) is 4.39 Å². The van der Waals surface area contributed by atoms with Crippen molar-refractivity contribution in [1.29, 1.82) is 0 Å². The van der Waals surface area contributed by atoms with Gasteiger partial charge < -0.3 is 14.9 Å². The number of aliphatic hydroxyl groups excluding tert-OH is 2. The lowest BCUT2D eigenvalue weighted by Crippen LogP contribution is -2.04. The monoisotopic (exact) mass is 330 g/mol. The summed E-state index contributed by atoms with van der Waals surface area (Å²) in [6, 6.07) is 7.31. The van der Waals surface area contributed by atoms with E-state index in [9.17, 15) is 14.6 Å². The van der Waals surface area contributed by atoms with Crippen LogP contribution in [0.25, 0.3) is 0 Å². The highest BCUT2D eigenvalue weighted by Gasteiger charge is 2.13. The van der Waals surface area contributed by atoms with Crippen molar-refractivity contribution in [2.24, 2.45) is 0 Å². The Morgan fingerprint density at radius 3 is 2.10 bits per heavy atom. The molecule has 0 spiro atoms. The number of aliphatic hydroxyl groups is 2. The molecule has 0 aliphatic heterocycles. The molecule has 0 radical (unpaired) electrons. The third kappa shape index (κ3) is 3.86. The second-order valence-electron chi connectivity index (χ2n) is 4.39. The molecule has 2 aromatic rings. The predicted molar refractivity (Wildman–Crippen MR) is 79.0 cm³/mol. The summed E-state index contributed by atoms with van der Waals surface area (Å²) in [5.41, 5.74) is 1.23. The number of benzene rings is 2. The van der Waals surface area contributed by atoms with Gasteiger partial charge in [0.1, 0.15) is 18.2 Å². The highest BCUT2D eigenvalue weighted by Crippen LogP contribution is 2.28. The molecule has 0 heterocycles. The van der Waals surface area contributed by atoms with Crippen LogP contribution < -0.4 is 4.74 Å². The van der Waals surface area contributed by atoms with Gasteiger partial charge in [-0.2, -0.15) is 0 Å². The van der Waals surface area contributed by atoms with Crippen LogP contribution in [-0.2, 0) is 19.8 Å². The quantitative estimate of drug-likeness (QED) is 0.878. The highest BCUT2D eigenvalue weighted by molar-refractivity contribution is 6.35. The number of rotatable bonds is 5. The van der Waals surface area contributed by atoms with E-state index in [0.717, 1.165) is 12.1 Å². The molecule has 2 rings (SSSR count). The summed E-state index contributed by atoms with van der Waals surface area (Å²) in [7, 11) is 0. The van der Waals surface area contributed by atoms with E-state index in [0.29, 0.717) is 15.6 Å². The van der Waals surface area contributed by atoms with Crippen molar-refractivity contribution in [3.63, 3.8) is 0 Å². The van der Waals surface area contributed by atoms with Crippen molar-refractivity contribution in [3.05, 3.63) is 62.9 Å². The smallest absolute Gasteiger partial charge is 0.131 e.